The molecule has 0 amide bonds. The molecule has 0 spiro atoms. The Kier molecular flexibility index (Phi) is 3.29. The Morgan fingerprint density at radius 2 is 1.83 bits per heavy atom. The van der Waals surface area contributed by atoms with Gasteiger partial charge in [0.1, 0.15) is 0 Å². The molecule has 0 unspecified atom stereocenters. The molecule has 0 N–H and O–H groups in total. The van der Waals surface area contributed by atoms with Crippen molar-refractivity contribution in [2.75, 3.05) is 31.2 Å². The Balaban J connectivity index is 2.15. The first kappa shape index (κ1) is 12.0. The molecule has 18 heavy (non-hydrogen) atoms. The van der Waals surface area contributed by atoms with Gasteiger partial charge in [-0.25, -0.2) is 4.98 Å². The fourth-order valence-electron chi connectivity index (χ4n) is 2.19. The zero-order valence-electron chi connectivity index (χ0n) is 9.70. The van der Waals surface area contributed by atoms with E-state index in [4.69, 9.17) is 27.9 Å². The highest BCUT2D eigenvalue weighted by Gasteiger charge is 2.20. The molecular formula is C13H12Cl2N2O. The van der Waals surface area contributed by atoms with Crippen molar-refractivity contribution < 1.29 is 4.74 Å². The summed E-state index contributed by atoms with van der Waals surface area (Å²) in [6, 6.07) is 7.75. The number of nitrogens with zero attached hydrogens (tertiary/aromatic N) is 2. The van der Waals surface area contributed by atoms with Crippen LogP contribution in [0.5, 0.6) is 0 Å². The Hall–Kier alpha value is -1.03. The number of anilines is 1. The molecule has 0 saturated carbocycles. The zero-order valence-corrected chi connectivity index (χ0v) is 11.2. The molecule has 1 aliphatic rings. The standard InChI is InChI=1S/C13H12Cl2N2O/c14-11-9-3-1-2-4-10(9)16-13(15)12(11)17-5-7-18-8-6-17/h1-4H,5-8H2. The van der Waals surface area contributed by atoms with Crippen molar-refractivity contribution in [3.63, 3.8) is 0 Å². The van der Waals surface area contributed by atoms with Crippen molar-refractivity contribution in [2.24, 2.45) is 0 Å². The van der Waals surface area contributed by atoms with Crippen LogP contribution in [0.3, 0.4) is 0 Å². The third kappa shape index (κ3) is 2.03. The van der Waals surface area contributed by atoms with Gasteiger partial charge in [0.05, 0.1) is 29.4 Å². The number of pyridine rings is 1. The predicted molar refractivity (Wildman–Crippen MR) is 74.8 cm³/mol. The molecule has 1 saturated heterocycles. The molecule has 1 aliphatic heterocycles. The SMILES string of the molecule is Clc1nc2ccccc2c(Cl)c1N1CCOCC1. The number of rotatable bonds is 1. The molecule has 3 rings (SSSR count). The van der Waals surface area contributed by atoms with Gasteiger partial charge in [-0.3, -0.25) is 0 Å². The molecule has 2 heterocycles. The Labute approximate surface area is 115 Å². The topological polar surface area (TPSA) is 25.4 Å². The molecule has 94 valence electrons. The largest absolute Gasteiger partial charge is 0.378 e. The van der Waals surface area contributed by atoms with E-state index < -0.39 is 0 Å². The molecule has 1 aromatic carbocycles. The van der Waals surface area contributed by atoms with Gasteiger partial charge in [-0.2, -0.15) is 0 Å². The average Bonchev–Trinajstić information content (AvgIpc) is 2.40. The fraction of sp³-hybridized carbons (Fsp3) is 0.308. The summed E-state index contributed by atoms with van der Waals surface area (Å²) < 4.78 is 5.34. The summed E-state index contributed by atoms with van der Waals surface area (Å²) in [7, 11) is 0. The van der Waals surface area contributed by atoms with E-state index in [0.29, 0.717) is 23.4 Å². The monoisotopic (exact) mass is 282 g/mol. The van der Waals surface area contributed by atoms with Gasteiger partial charge >= 0.3 is 0 Å². The summed E-state index contributed by atoms with van der Waals surface area (Å²) >= 11 is 12.7. The summed E-state index contributed by atoms with van der Waals surface area (Å²) in [4.78, 5) is 6.54. The predicted octanol–water partition coefficient (Wildman–Crippen LogP) is 3.38. The first-order valence-electron chi connectivity index (χ1n) is 5.84. The highest BCUT2D eigenvalue weighted by atomic mass is 35.5. The molecular weight excluding hydrogens is 271 g/mol. The Morgan fingerprint density at radius 3 is 2.61 bits per heavy atom. The summed E-state index contributed by atoms with van der Waals surface area (Å²) in [5.74, 6) is 0. The minimum atomic E-state index is 0.459. The second-order valence-corrected chi connectivity index (χ2v) is 4.92. The average molecular weight is 283 g/mol. The first-order chi connectivity index (χ1) is 8.77. The molecule has 1 fully saturated rings. The number of benzene rings is 1. The van der Waals surface area contributed by atoms with Crippen LogP contribution in [0.25, 0.3) is 10.9 Å². The quantitative estimate of drug-likeness (QED) is 0.750. The van der Waals surface area contributed by atoms with Crippen LogP contribution in [-0.2, 0) is 4.74 Å². The van der Waals surface area contributed by atoms with Crippen molar-refractivity contribution in [2.45, 2.75) is 0 Å². The van der Waals surface area contributed by atoms with E-state index in [1.54, 1.807) is 0 Å². The second-order valence-electron chi connectivity index (χ2n) is 4.18. The van der Waals surface area contributed by atoms with Gasteiger partial charge in [0.25, 0.3) is 0 Å². The van der Waals surface area contributed by atoms with Gasteiger partial charge in [0, 0.05) is 18.5 Å². The van der Waals surface area contributed by atoms with E-state index in [1.165, 1.54) is 0 Å². The van der Waals surface area contributed by atoms with Crippen LogP contribution in [0.2, 0.25) is 10.2 Å². The summed E-state index contributed by atoms with van der Waals surface area (Å²) in [5.41, 5.74) is 1.64. The van der Waals surface area contributed by atoms with Gasteiger partial charge in [0.15, 0.2) is 5.15 Å². The third-order valence-electron chi connectivity index (χ3n) is 3.09. The van der Waals surface area contributed by atoms with Crippen molar-refractivity contribution in [3.05, 3.63) is 34.4 Å². The minimum Gasteiger partial charge on any atom is -0.378 e. The normalized spacial score (nSPS) is 16.2. The number of ether oxygens (including phenoxy) is 1. The smallest absolute Gasteiger partial charge is 0.154 e. The van der Waals surface area contributed by atoms with E-state index in [2.05, 4.69) is 9.88 Å². The van der Waals surface area contributed by atoms with Crippen molar-refractivity contribution in [1.82, 2.24) is 4.98 Å². The molecule has 3 nitrogen and oxygen atoms in total. The number of hydrogen-bond donors (Lipinski definition) is 0. The Morgan fingerprint density at radius 1 is 1.11 bits per heavy atom. The lowest BCUT2D eigenvalue weighted by atomic mass is 10.2. The van der Waals surface area contributed by atoms with Gasteiger partial charge in [-0.15, -0.1) is 0 Å². The van der Waals surface area contributed by atoms with E-state index in [-0.39, 0.29) is 0 Å². The highest BCUT2D eigenvalue weighted by molar-refractivity contribution is 6.42. The van der Waals surface area contributed by atoms with Crippen molar-refractivity contribution >= 4 is 39.8 Å². The fourth-order valence-corrected chi connectivity index (χ4v) is 2.91. The molecule has 0 bridgehead atoms. The number of aromatic nitrogens is 1. The first-order valence-corrected chi connectivity index (χ1v) is 6.59. The maximum atomic E-state index is 6.47. The Bertz CT molecular complexity index is 582. The third-order valence-corrected chi connectivity index (χ3v) is 3.74. The summed E-state index contributed by atoms with van der Waals surface area (Å²) in [6.45, 7) is 2.97. The molecule has 0 radical (unpaired) electrons. The lowest BCUT2D eigenvalue weighted by molar-refractivity contribution is 0.122. The van der Waals surface area contributed by atoms with Gasteiger partial charge in [-0.05, 0) is 6.07 Å². The maximum Gasteiger partial charge on any atom is 0.154 e. The van der Waals surface area contributed by atoms with E-state index in [1.807, 2.05) is 24.3 Å². The van der Waals surface area contributed by atoms with Crippen LogP contribution in [0.15, 0.2) is 24.3 Å². The molecule has 0 aliphatic carbocycles. The lowest BCUT2D eigenvalue weighted by Crippen LogP contribution is -2.36. The van der Waals surface area contributed by atoms with Crippen molar-refractivity contribution in [1.29, 1.82) is 0 Å². The molecule has 2 aromatic rings. The van der Waals surface area contributed by atoms with E-state index in [0.717, 1.165) is 29.7 Å². The molecule has 0 atom stereocenters. The lowest BCUT2D eigenvalue weighted by Gasteiger charge is -2.30. The van der Waals surface area contributed by atoms with Crippen LogP contribution in [-0.4, -0.2) is 31.3 Å². The van der Waals surface area contributed by atoms with Gasteiger partial charge in [0.2, 0.25) is 0 Å². The van der Waals surface area contributed by atoms with Crippen LogP contribution in [0.1, 0.15) is 0 Å². The molecule has 5 heteroatoms. The van der Waals surface area contributed by atoms with Crippen LogP contribution in [0, 0.1) is 0 Å². The maximum absolute atomic E-state index is 6.47. The number of halogens is 2. The van der Waals surface area contributed by atoms with E-state index in [9.17, 15) is 0 Å². The van der Waals surface area contributed by atoms with Crippen LogP contribution >= 0.6 is 23.2 Å². The number of hydrogen-bond acceptors (Lipinski definition) is 3. The van der Waals surface area contributed by atoms with Crippen LogP contribution < -0.4 is 4.90 Å². The minimum absolute atomic E-state index is 0.459. The van der Waals surface area contributed by atoms with Gasteiger partial charge < -0.3 is 9.64 Å². The second kappa shape index (κ2) is 4.92. The van der Waals surface area contributed by atoms with E-state index >= 15 is 0 Å². The number of morpholine rings is 1. The summed E-state index contributed by atoms with van der Waals surface area (Å²) in [5, 5.41) is 2.07. The summed E-state index contributed by atoms with van der Waals surface area (Å²) in [6.07, 6.45) is 0. The molecule has 1 aromatic heterocycles. The van der Waals surface area contributed by atoms with Crippen LogP contribution in [0.4, 0.5) is 5.69 Å². The van der Waals surface area contributed by atoms with Crippen molar-refractivity contribution in [3.8, 4) is 0 Å². The number of fused-ring (bicyclic) bond motifs is 1. The van der Waals surface area contributed by atoms with Gasteiger partial charge in [-0.1, -0.05) is 41.4 Å². The number of para-hydroxylation sites is 1. The zero-order chi connectivity index (χ0) is 12.5. The highest BCUT2D eigenvalue weighted by Crippen LogP contribution is 2.37.